The Kier molecular flexibility index (Phi) is 7.37. The fourth-order valence-corrected chi connectivity index (χ4v) is 5.25. The molecule has 182 valence electrons. The zero-order valence-corrected chi connectivity index (χ0v) is 21.5. The van der Waals surface area contributed by atoms with Crippen LogP contribution in [0.5, 0.6) is 5.75 Å². The van der Waals surface area contributed by atoms with E-state index in [-0.39, 0.29) is 17.7 Å². The van der Waals surface area contributed by atoms with E-state index in [1.165, 1.54) is 4.90 Å². The van der Waals surface area contributed by atoms with Crippen LogP contribution in [0.4, 0.5) is 4.79 Å². The topological polar surface area (TPSA) is 51.5 Å². The van der Waals surface area contributed by atoms with Crippen molar-refractivity contribution in [1.29, 1.82) is 0 Å². The Morgan fingerprint density at radius 2 is 1.67 bits per heavy atom. The number of aryl methyl sites for hydroxylation is 1. The number of rotatable bonds is 8. The summed E-state index contributed by atoms with van der Waals surface area (Å²) >= 11 is 13.1. The van der Waals surface area contributed by atoms with Gasteiger partial charge in [0.2, 0.25) is 0 Å². The van der Waals surface area contributed by atoms with E-state index in [2.05, 4.69) is 4.57 Å². The molecule has 1 fully saturated rings. The molecule has 5 nitrogen and oxygen atoms in total. The maximum Gasteiger partial charge on any atom is 0.293 e. The summed E-state index contributed by atoms with van der Waals surface area (Å²) in [5.74, 6) is 0.386. The highest BCUT2D eigenvalue weighted by molar-refractivity contribution is 8.18. The summed E-state index contributed by atoms with van der Waals surface area (Å²) < 4.78 is 7.97. The lowest BCUT2D eigenvalue weighted by molar-refractivity contribution is -0.123. The number of amides is 2. The highest BCUT2D eigenvalue weighted by Crippen LogP contribution is 2.35. The molecule has 1 saturated heterocycles. The number of nitrogens with zero attached hydrogens (tertiary/aromatic N) is 2. The first-order valence-electron chi connectivity index (χ1n) is 11.4. The third kappa shape index (κ3) is 5.31. The van der Waals surface area contributed by atoms with Crippen LogP contribution in [0.1, 0.15) is 17.5 Å². The van der Waals surface area contributed by atoms with Crippen molar-refractivity contribution in [2.75, 3.05) is 6.61 Å². The first kappa shape index (κ1) is 24.5. The average Bonchev–Trinajstić information content (AvgIpc) is 3.36. The van der Waals surface area contributed by atoms with Crippen LogP contribution in [0.15, 0.2) is 83.9 Å². The number of thioether (sulfide) groups is 1. The van der Waals surface area contributed by atoms with E-state index >= 15 is 0 Å². The van der Waals surface area contributed by atoms with Crippen molar-refractivity contribution < 1.29 is 14.3 Å². The molecule has 0 aliphatic carbocycles. The average molecular weight is 537 g/mol. The molecule has 36 heavy (non-hydrogen) atoms. The Morgan fingerprint density at radius 3 is 2.47 bits per heavy atom. The van der Waals surface area contributed by atoms with Gasteiger partial charge in [-0.3, -0.25) is 14.5 Å². The summed E-state index contributed by atoms with van der Waals surface area (Å²) in [7, 11) is 0. The Hall–Kier alpha value is -3.19. The molecule has 4 aromatic rings. The van der Waals surface area contributed by atoms with Gasteiger partial charge in [-0.1, -0.05) is 65.7 Å². The van der Waals surface area contributed by atoms with Crippen LogP contribution in [-0.2, 0) is 17.9 Å². The van der Waals surface area contributed by atoms with Crippen molar-refractivity contribution in [1.82, 2.24) is 9.47 Å². The lowest BCUT2D eigenvalue weighted by Gasteiger charge is -2.12. The smallest absolute Gasteiger partial charge is 0.293 e. The molecule has 0 saturated carbocycles. The number of carbonyl (C=O) groups is 2. The second-order valence-electron chi connectivity index (χ2n) is 8.32. The number of imide groups is 1. The molecule has 0 N–H and O–H groups in total. The highest BCUT2D eigenvalue weighted by Gasteiger charge is 2.35. The van der Waals surface area contributed by atoms with Crippen LogP contribution < -0.4 is 4.74 Å². The molecular weight excluding hydrogens is 515 g/mol. The number of hydrogen-bond donors (Lipinski definition) is 0. The van der Waals surface area contributed by atoms with Crippen LogP contribution in [0.25, 0.3) is 17.0 Å². The van der Waals surface area contributed by atoms with E-state index in [0.29, 0.717) is 27.3 Å². The van der Waals surface area contributed by atoms with Gasteiger partial charge in [0.05, 0.1) is 23.1 Å². The summed E-state index contributed by atoms with van der Waals surface area (Å²) in [5, 5.41) is 1.95. The van der Waals surface area contributed by atoms with E-state index in [9.17, 15) is 9.59 Å². The second kappa shape index (κ2) is 10.8. The number of hydrogen-bond acceptors (Lipinski definition) is 4. The Labute approximate surface area is 223 Å². The second-order valence-corrected chi connectivity index (χ2v) is 10.2. The maximum absolute atomic E-state index is 13.1. The molecule has 2 amide bonds. The number of aromatic nitrogens is 1. The Morgan fingerprint density at radius 1 is 0.917 bits per heavy atom. The van der Waals surface area contributed by atoms with Gasteiger partial charge in [-0.05, 0) is 60.2 Å². The predicted octanol–water partition coefficient (Wildman–Crippen LogP) is 7.65. The lowest BCUT2D eigenvalue weighted by atomic mass is 10.1. The van der Waals surface area contributed by atoms with Crippen LogP contribution in [0, 0.1) is 0 Å². The van der Waals surface area contributed by atoms with Crippen LogP contribution in [0.3, 0.4) is 0 Å². The van der Waals surface area contributed by atoms with Crippen molar-refractivity contribution in [3.63, 3.8) is 0 Å². The fourth-order valence-electron chi connectivity index (χ4n) is 4.10. The summed E-state index contributed by atoms with van der Waals surface area (Å²) in [6.45, 7) is 1.47. The summed E-state index contributed by atoms with van der Waals surface area (Å²) in [6, 6.07) is 22.6. The number of fused-ring (bicyclic) bond motifs is 1. The molecular formula is C28H22Cl2N2O3S. The van der Waals surface area contributed by atoms with Gasteiger partial charge < -0.3 is 9.30 Å². The van der Waals surface area contributed by atoms with Crippen molar-refractivity contribution >= 4 is 63.1 Å². The molecule has 0 radical (unpaired) electrons. The summed E-state index contributed by atoms with van der Waals surface area (Å²) in [5.41, 5.74) is 2.80. The van der Waals surface area contributed by atoms with Crippen molar-refractivity contribution in [2.24, 2.45) is 0 Å². The van der Waals surface area contributed by atoms with E-state index in [1.807, 2.05) is 66.9 Å². The van der Waals surface area contributed by atoms with Crippen molar-refractivity contribution in [3.05, 3.63) is 105 Å². The standard InChI is InChI=1S/C28H22Cl2N2O3S/c29-21-12-10-19(11-13-21)17-32-27(33)26(36-28(32)34)16-20-18-31(24-8-3-1-6-22(20)24)14-5-15-35-25-9-4-2-7-23(25)30/h1-4,6-13,16,18H,5,14-15,17H2/b26-16-. The van der Waals surface area contributed by atoms with E-state index < -0.39 is 0 Å². The van der Waals surface area contributed by atoms with Gasteiger partial charge in [0.15, 0.2) is 0 Å². The molecule has 1 aliphatic rings. The van der Waals surface area contributed by atoms with Crippen LogP contribution in [0.2, 0.25) is 10.0 Å². The molecule has 0 bridgehead atoms. The maximum atomic E-state index is 13.1. The van der Waals surface area contributed by atoms with Crippen LogP contribution >= 0.6 is 35.0 Å². The SMILES string of the molecule is O=C1S/C(=C\c2cn(CCCOc3ccccc3Cl)c3ccccc23)C(=O)N1Cc1ccc(Cl)cc1. The summed E-state index contributed by atoms with van der Waals surface area (Å²) in [6.07, 6.45) is 4.61. The van der Waals surface area contributed by atoms with Gasteiger partial charge in [-0.15, -0.1) is 0 Å². The predicted molar refractivity (Wildman–Crippen MR) is 146 cm³/mol. The van der Waals surface area contributed by atoms with Gasteiger partial charge in [0.1, 0.15) is 5.75 Å². The number of halogens is 2. The Balaban J connectivity index is 1.31. The van der Waals surface area contributed by atoms with Gasteiger partial charge in [0, 0.05) is 34.2 Å². The first-order chi connectivity index (χ1) is 17.5. The van der Waals surface area contributed by atoms with Gasteiger partial charge in [-0.25, -0.2) is 0 Å². The largest absolute Gasteiger partial charge is 0.492 e. The van der Waals surface area contributed by atoms with Crippen molar-refractivity contribution in [3.8, 4) is 5.75 Å². The minimum Gasteiger partial charge on any atom is -0.492 e. The minimum atomic E-state index is -0.287. The molecule has 0 spiro atoms. The van der Waals surface area contributed by atoms with E-state index in [1.54, 1.807) is 18.2 Å². The van der Waals surface area contributed by atoms with E-state index in [0.717, 1.165) is 46.8 Å². The fraction of sp³-hybridized carbons (Fsp3) is 0.143. The Bertz CT molecular complexity index is 1460. The zero-order chi connectivity index (χ0) is 25.1. The normalized spacial score (nSPS) is 14.8. The highest BCUT2D eigenvalue weighted by atomic mass is 35.5. The molecule has 8 heteroatoms. The summed E-state index contributed by atoms with van der Waals surface area (Å²) in [4.78, 5) is 27.4. The van der Waals surface area contributed by atoms with Crippen molar-refractivity contribution in [2.45, 2.75) is 19.5 Å². The number of carbonyl (C=O) groups excluding carboxylic acids is 2. The lowest BCUT2D eigenvalue weighted by Crippen LogP contribution is -2.27. The minimum absolute atomic E-state index is 0.215. The monoisotopic (exact) mass is 536 g/mol. The van der Waals surface area contributed by atoms with Crippen LogP contribution in [-0.4, -0.2) is 27.2 Å². The third-order valence-electron chi connectivity index (χ3n) is 5.87. The molecule has 1 aromatic heterocycles. The molecule has 5 rings (SSSR count). The molecule has 0 unspecified atom stereocenters. The van der Waals surface area contributed by atoms with E-state index in [4.69, 9.17) is 27.9 Å². The number of benzene rings is 3. The molecule has 0 atom stereocenters. The molecule has 1 aliphatic heterocycles. The van der Waals surface area contributed by atoms with Gasteiger partial charge in [0.25, 0.3) is 11.1 Å². The quantitative estimate of drug-likeness (QED) is 0.171. The zero-order valence-electron chi connectivity index (χ0n) is 19.2. The third-order valence-corrected chi connectivity index (χ3v) is 7.34. The molecule has 2 heterocycles. The number of para-hydroxylation sites is 2. The molecule has 3 aromatic carbocycles. The first-order valence-corrected chi connectivity index (χ1v) is 13.0. The van der Waals surface area contributed by atoms with Gasteiger partial charge >= 0.3 is 0 Å². The number of ether oxygens (including phenoxy) is 1. The van der Waals surface area contributed by atoms with Gasteiger partial charge in [-0.2, -0.15) is 0 Å².